The maximum atomic E-state index is 12.2. The maximum Gasteiger partial charge on any atom is 0.253 e. The van der Waals surface area contributed by atoms with Crippen molar-refractivity contribution < 1.29 is 9.90 Å². The Hall–Kier alpha value is -1.55. The summed E-state index contributed by atoms with van der Waals surface area (Å²) in [4.78, 5) is 13.9. The second-order valence-electron chi connectivity index (χ2n) is 5.31. The highest BCUT2D eigenvalue weighted by Crippen LogP contribution is 2.28. The zero-order chi connectivity index (χ0) is 13.3. The van der Waals surface area contributed by atoms with Crippen LogP contribution in [-0.4, -0.2) is 35.6 Å². The van der Waals surface area contributed by atoms with Crippen LogP contribution in [0.25, 0.3) is 0 Å². The van der Waals surface area contributed by atoms with E-state index in [4.69, 9.17) is 5.73 Å². The normalized spacial score (nSPS) is 22.4. The fourth-order valence-corrected chi connectivity index (χ4v) is 2.48. The molecule has 2 rings (SSSR count). The summed E-state index contributed by atoms with van der Waals surface area (Å²) in [5, 5.41) is 9.24. The summed E-state index contributed by atoms with van der Waals surface area (Å²) in [5.41, 5.74) is 7.99. The number of nitrogens with two attached hydrogens (primary N) is 1. The van der Waals surface area contributed by atoms with Gasteiger partial charge in [-0.15, -0.1) is 0 Å². The minimum absolute atomic E-state index is 0.00760. The van der Waals surface area contributed by atoms with Crippen LogP contribution in [0.15, 0.2) is 18.2 Å². The Morgan fingerprint density at radius 1 is 1.44 bits per heavy atom. The molecular weight excluding hydrogens is 228 g/mol. The number of anilines is 1. The van der Waals surface area contributed by atoms with Crippen LogP contribution >= 0.6 is 0 Å². The average Bonchev–Trinajstić information content (AvgIpc) is 2.24. The van der Waals surface area contributed by atoms with Gasteiger partial charge in [-0.1, -0.05) is 0 Å². The number of benzene rings is 1. The number of aliphatic hydroxyl groups excluding tert-OH is 1. The fraction of sp³-hybridized carbons (Fsp3) is 0.500. The molecule has 1 saturated carbocycles. The van der Waals surface area contributed by atoms with Crippen molar-refractivity contribution in [2.75, 3.05) is 19.3 Å². The standard InChI is InChI=1S/C14H20N2O2/c1-9-3-11(7-12(15)4-9)14(18)16(2)8-10-5-13(17)6-10/h3-4,7,10,13,17H,5-6,8,15H2,1-2H3. The second kappa shape index (κ2) is 4.98. The molecule has 98 valence electrons. The number of hydrogen-bond donors (Lipinski definition) is 2. The molecule has 0 radical (unpaired) electrons. The Kier molecular flexibility index (Phi) is 3.57. The minimum atomic E-state index is -0.173. The molecule has 0 saturated heterocycles. The molecule has 1 aromatic rings. The number of nitrogens with zero attached hydrogens (tertiary/aromatic N) is 1. The highest BCUT2D eigenvalue weighted by Gasteiger charge is 2.29. The van der Waals surface area contributed by atoms with Gasteiger partial charge in [0.25, 0.3) is 5.91 Å². The minimum Gasteiger partial charge on any atom is -0.399 e. The van der Waals surface area contributed by atoms with Crippen LogP contribution in [0.4, 0.5) is 5.69 Å². The lowest BCUT2D eigenvalue weighted by molar-refractivity contribution is 0.0265. The van der Waals surface area contributed by atoms with E-state index in [-0.39, 0.29) is 12.0 Å². The first-order chi connectivity index (χ1) is 8.45. The number of carbonyl (C=O) groups is 1. The zero-order valence-electron chi connectivity index (χ0n) is 10.9. The lowest BCUT2D eigenvalue weighted by atomic mass is 9.82. The second-order valence-corrected chi connectivity index (χ2v) is 5.31. The van der Waals surface area contributed by atoms with Crippen molar-refractivity contribution in [2.45, 2.75) is 25.9 Å². The van der Waals surface area contributed by atoms with Crippen molar-refractivity contribution in [3.8, 4) is 0 Å². The van der Waals surface area contributed by atoms with Crippen LogP contribution < -0.4 is 5.73 Å². The number of hydrogen-bond acceptors (Lipinski definition) is 3. The molecule has 4 heteroatoms. The molecule has 0 spiro atoms. The summed E-state index contributed by atoms with van der Waals surface area (Å²) in [5.74, 6) is 0.419. The van der Waals surface area contributed by atoms with Crippen LogP contribution in [0.2, 0.25) is 0 Å². The maximum absolute atomic E-state index is 12.2. The highest BCUT2D eigenvalue weighted by atomic mass is 16.3. The topological polar surface area (TPSA) is 66.6 Å². The summed E-state index contributed by atoms with van der Waals surface area (Å²) < 4.78 is 0. The van der Waals surface area contributed by atoms with E-state index in [9.17, 15) is 9.90 Å². The van der Waals surface area contributed by atoms with Gasteiger partial charge in [0, 0.05) is 24.8 Å². The van der Waals surface area contributed by atoms with Gasteiger partial charge < -0.3 is 15.7 Å². The van der Waals surface area contributed by atoms with E-state index in [0.717, 1.165) is 18.4 Å². The Bertz CT molecular complexity index is 433. The molecule has 1 fully saturated rings. The average molecular weight is 248 g/mol. The first-order valence-corrected chi connectivity index (χ1v) is 6.26. The number of aliphatic hydroxyl groups is 1. The number of rotatable bonds is 3. The molecule has 0 atom stereocenters. The van der Waals surface area contributed by atoms with E-state index in [2.05, 4.69) is 0 Å². The SMILES string of the molecule is Cc1cc(N)cc(C(=O)N(C)CC2CC(O)C2)c1. The fourth-order valence-electron chi connectivity index (χ4n) is 2.48. The smallest absolute Gasteiger partial charge is 0.253 e. The van der Waals surface area contributed by atoms with Gasteiger partial charge in [0.15, 0.2) is 0 Å². The molecule has 3 N–H and O–H groups in total. The lowest BCUT2D eigenvalue weighted by Gasteiger charge is -2.34. The number of nitrogen functional groups attached to an aromatic ring is 1. The predicted molar refractivity (Wildman–Crippen MR) is 71.3 cm³/mol. The lowest BCUT2D eigenvalue weighted by Crippen LogP contribution is -2.39. The Morgan fingerprint density at radius 3 is 2.67 bits per heavy atom. The van der Waals surface area contributed by atoms with Crippen molar-refractivity contribution in [3.63, 3.8) is 0 Å². The van der Waals surface area contributed by atoms with Gasteiger partial charge in [0.1, 0.15) is 0 Å². The third-order valence-electron chi connectivity index (χ3n) is 3.44. The van der Waals surface area contributed by atoms with Crippen LogP contribution in [0.3, 0.4) is 0 Å². The van der Waals surface area contributed by atoms with E-state index in [1.807, 2.05) is 19.1 Å². The van der Waals surface area contributed by atoms with E-state index >= 15 is 0 Å². The number of amides is 1. The molecule has 0 aliphatic heterocycles. The molecular formula is C14H20N2O2. The van der Waals surface area contributed by atoms with Crippen LogP contribution in [-0.2, 0) is 0 Å². The van der Waals surface area contributed by atoms with Crippen LogP contribution in [0.5, 0.6) is 0 Å². The quantitative estimate of drug-likeness (QED) is 0.795. The largest absolute Gasteiger partial charge is 0.399 e. The molecule has 1 amide bonds. The summed E-state index contributed by atoms with van der Waals surface area (Å²) >= 11 is 0. The number of aryl methyl sites for hydroxylation is 1. The molecule has 1 aliphatic rings. The molecule has 18 heavy (non-hydrogen) atoms. The highest BCUT2D eigenvalue weighted by molar-refractivity contribution is 5.95. The van der Waals surface area contributed by atoms with Gasteiger partial charge in [-0.05, 0) is 49.4 Å². The Balaban J connectivity index is 2.01. The molecule has 1 aliphatic carbocycles. The summed E-state index contributed by atoms with van der Waals surface area (Å²) in [6, 6.07) is 5.41. The molecule has 0 unspecified atom stereocenters. The molecule has 4 nitrogen and oxygen atoms in total. The van der Waals surface area contributed by atoms with Crippen molar-refractivity contribution in [1.29, 1.82) is 0 Å². The summed E-state index contributed by atoms with van der Waals surface area (Å²) in [6.07, 6.45) is 1.43. The van der Waals surface area contributed by atoms with Crippen molar-refractivity contribution in [3.05, 3.63) is 29.3 Å². The van der Waals surface area contributed by atoms with Gasteiger partial charge in [0.2, 0.25) is 0 Å². The molecule has 1 aromatic carbocycles. The third-order valence-corrected chi connectivity index (χ3v) is 3.44. The van der Waals surface area contributed by atoms with E-state index in [1.54, 1.807) is 18.0 Å². The van der Waals surface area contributed by atoms with Gasteiger partial charge in [-0.2, -0.15) is 0 Å². The van der Waals surface area contributed by atoms with Crippen molar-refractivity contribution >= 4 is 11.6 Å². The van der Waals surface area contributed by atoms with Crippen molar-refractivity contribution in [1.82, 2.24) is 4.90 Å². The molecule has 0 aromatic heterocycles. The summed E-state index contributed by atoms with van der Waals surface area (Å²) in [6.45, 7) is 2.62. The first kappa shape index (κ1) is 12.9. The number of carbonyl (C=O) groups excluding carboxylic acids is 1. The van der Waals surface area contributed by atoms with Crippen LogP contribution in [0, 0.1) is 12.8 Å². The third kappa shape index (κ3) is 2.82. The van der Waals surface area contributed by atoms with E-state index in [0.29, 0.717) is 23.7 Å². The zero-order valence-corrected chi connectivity index (χ0v) is 10.9. The van der Waals surface area contributed by atoms with E-state index < -0.39 is 0 Å². The van der Waals surface area contributed by atoms with Gasteiger partial charge in [0.05, 0.1) is 6.10 Å². The Morgan fingerprint density at radius 2 is 2.11 bits per heavy atom. The van der Waals surface area contributed by atoms with E-state index in [1.165, 1.54) is 0 Å². The molecule has 0 bridgehead atoms. The predicted octanol–water partition coefficient (Wildman–Crippen LogP) is 1.42. The van der Waals surface area contributed by atoms with Gasteiger partial charge in [-0.25, -0.2) is 0 Å². The first-order valence-electron chi connectivity index (χ1n) is 6.26. The van der Waals surface area contributed by atoms with Gasteiger partial charge >= 0.3 is 0 Å². The van der Waals surface area contributed by atoms with Crippen molar-refractivity contribution in [2.24, 2.45) is 5.92 Å². The van der Waals surface area contributed by atoms with Crippen LogP contribution in [0.1, 0.15) is 28.8 Å². The Labute approximate surface area is 107 Å². The molecule has 0 heterocycles. The monoisotopic (exact) mass is 248 g/mol. The van der Waals surface area contributed by atoms with Gasteiger partial charge in [-0.3, -0.25) is 4.79 Å². The summed E-state index contributed by atoms with van der Waals surface area (Å²) in [7, 11) is 1.80.